The number of amides is 2. The van der Waals surface area contributed by atoms with Crippen LogP contribution in [0.2, 0.25) is 0 Å². The Kier molecular flexibility index (Phi) is 6.58. The van der Waals surface area contributed by atoms with Crippen LogP contribution in [-0.4, -0.2) is 37.5 Å². The van der Waals surface area contributed by atoms with Crippen molar-refractivity contribution >= 4 is 23.5 Å². The number of anilines is 1. The second-order valence-corrected chi connectivity index (χ2v) is 4.80. The van der Waals surface area contributed by atoms with Crippen LogP contribution >= 0.6 is 0 Å². The molecule has 2 aromatic rings. The zero-order valence-corrected chi connectivity index (χ0v) is 13.6. The Hall–Kier alpha value is -3.29. The summed E-state index contributed by atoms with van der Waals surface area (Å²) in [7, 11) is 0. The van der Waals surface area contributed by atoms with E-state index in [1.165, 1.54) is 12.3 Å². The average molecular weight is 346 g/mol. The molecule has 0 aliphatic rings. The topological polar surface area (TPSA) is 107 Å². The minimum absolute atomic E-state index is 0.0816. The summed E-state index contributed by atoms with van der Waals surface area (Å²) in [6.45, 7) is 1.44. The molecule has 2 amide bonds. The number of esters is 1. The first-order valence-corrected chi connectivity index (χ1v) is 7.59. The van der Waals surface area contributed by atoms with Crippen molar-refractivity contribution in [3.63, 3.8) is 0 Å². The molecule has 0 saturated heterocycles. The SMILES string of the molecule is CCOc1ccccc1NC(=O)COC(=O)CNC(=O)c1ccco1. The van der Waals surface area contributed by atoms with Crippen molar-refractivity contribution in [2.24, 2.45) is 0 Å². The van der Waals surface area contributed by atoms with Crippen LogP contribution in [0, 0.1) is 0 Å². The summed E-state index contributed by atoms with van der Waals surface area (Å²) in [6, 6.07) is 9.93. The van der Waals surface area contributed by atoms with Gasteiger partial charge in [-0.15, -0.1) is 0 Å². The number of carbonyl (C=O) groups is 3. The summed E-state index contributed by atoms with van der Waals surface area (Å²) in [5.74, 6) is -1.20. The number of furan rings is 1. The van der Waals surface area contributed by atoms with Gasteiger partial charge in [0.1, 0.15) is 12.3 Å². The fourth-order valence-corrected chi connectivity index (χ4v) is 1.88. The van der Waals surface area contributed by atoms with Gasteiger partial charge < -0.3 is 24.5 Å². The number of hydrogen-bond donors (Lipinski definition) is 2. The molecule has 2 N–H and O–H groups in total. The van der Waals surface area contributed by atoms with Crippen molar-refractivity contribution in [3.8, 4) is 5.75 Å². The zero-order chi connectivity index (χ0) is 18.1. The van der Waals surface area contributed by atoms with Crippen molar-refractivity contribution < 1.29 is 28.3 Å². The standard InChI is InChI=1S/C17H18N2O6/c1-2-23-13-7-4-3-6-12(13)19-15(20)11-25-16(21)10-18-17(22)14-8-5-9-24-14/h3-9H,2,10-11H2,1H3,(H,18,22)(H,19,20). The molecule has 8 nitrogen and oxygen atoms in total. The van der Waals surface area contributed by atoms with Gasteiger partial charge in [0.2, 0.25) is 0 Å². The zero-order valence-electron chi connectivity index (χ0n) is 13.6. The Balaban J connectivity index is 1.74. The lowest BCUT2D eigenvalue weighted by atomic mass is 10.3. The Bertz CT molecular complexity index is 726. The Morgan fingerprint density at radius 3 is 2.64 bits per heavy atom. The lowest BCUT2D eigenvalue weighted by Crippen LogP contribution is -2.32. The number of rotatable bonds is 8. The molecule has 0 bridgehead atoms. The molecule has 0 aliphatic carbocycles. The molecule has 0 atom stereocenters. The van der Waals surface area contributed by atoms with Crippen LogP contribution in [0.25, 0.3) is 0 Å². The van der Waals surface area contributed by atoms with Crippen LogP contribution in [0.3, 0.4) is 0 Å². The first-order valence-electron chi connectivity index (χ1n) is 7.59. The molecule has 0 unspecified atom stereocenters. The maximum absolute atomic E-state index is 11.9. The van der Waals surface area contributed by atoms with E-state index in [0.717, 1.165) is 0 Å². The smallest absolute Gasteiger partial charge is 0.325 e. The molecule has 2 rings (SSSR count). The highest BCUT2D eigenvalue weighted by molar-refractivity contribution is 5.95. The molecule has 0 aliphatic heterocycles. The minimum Gasteiger partial charge on any atom is -0.492 e. The van der Waals surface area contributed by atoms with Gasteiger partial charge in [-0.25, -0.2) is 0 Å². The Morgan fingerprint density at radius 1 is 1.12 bits per heavy atom. The van der Waals surface area contributed by atoms with E-state index in [0.29, 0.717) is 18.0 Å². The Morgan fingerprint density at radius 2 is 1.92 bits per heavy atom. The molecule has 25 heavy (non-hydrogen) atoms. The number of para-hydroxylation sites is 2. The van der Waals surface area contributed by atoms with E-state index in [1.54, 1.807) is 30.3 Å². The normalized spacial score (nSPS) is 9.96. The summed E-state index contributed by atoms with van der Waals surface area (Å²) in [4.78, 5) is 35.0. The molecule has 0 fully saturated rings. The van der Waals surface area contributed by atoms with E-state index < -0.39 is 24.4 Å². The molecule has 8 heteroatoms. The monoisotopic (exact) mass is 346 g/mol. The number of benzene rings is 1. The van der Waals surface area contributed by atoms with Crippen molar-refractivity contribution in [2.45, 2.75) is 6.92 Å². The van der Waals surface area contributed by atoms with E-state index in [-0.39, 0.29) is 12.3 Å². The van der Waals surface area contributed by atoms with Crippen LogP contribution in [0.1, 0.15) is 17.5 Å². The summed E-state index contributed by atoms with van der Waals surface area (Å²) in [6.07, 6.45) is 1.34. The van der Waals surface area contributed by atoms with Crippen LogP contribution in [-0.2, 0) is 14.3 Å². The van der Waals surface area contributed by atoms with Gasteiger partial charge in [-0.1, -0.05) is 12.1 Å². The summed E-state index contributed by atoms with van der Waals surface area (Å²) >= 11 is 0. The fraction of sp³-hybridized carbons (Fsp3) is 0.235. The number of carbonyl (C=O) groups excluding carboxylic acids is 3. The van der Waals surface area contributed by atoms with Crippen LogP contribution in [0.4, 0.5) is 5.69 Å². The van der Waals surface area contributed by atoms with Crippen LogP contribution < -0.4 is 15.4 Å². The quantitative estimate of drug-likeness (QED) is 0.703. The van der Waals surface area contributed by atoms with Gasteiger partial charge in [-0.3, -0.25) is 14.4 Å². The molecule has 0 spiro atoms. The highest BCUT2D eigenvalue weighted by Crippen LogP contribution is 2.23. The van der Waals surface area contributed by atoms with Gasteiger partial charge in [0.15, 0.2) is 12.4 Å². The third-order valence-corrected chi connectivity index (χ3v) is 2.96. The fourth-order valence-electron chi connectivity index (χ4n) is 1.88. The number of hydrogen-bond acceptors (Lipinski definition) is 6. The molecule has 1 aromatic heterocycles. The van der Waals surface area contributed by atoms with Gasteiger partial charge in [0, 0.05) is 0 Å². The van der Waals surface area contributed by atoms with Crippen molar-refractivity contribution in [3.05, 3.63) is 48.4 Å². The first-order chi connectivity index (χ1) is 12.1. The third-order valence-electron chi connectivity index (χ3n) is 2.96. The van der Waals surface area contributed by atoms with Gasteiger partial charge in [0.05, 0.1) is 18.6 Å². The highest BCUT2D eigenvalue weighted by Gasteiger charge is 2.13. The maximum atomic E-state index is 11.9. The number of nitrogens with one attached hydrogen (secondary N) is 2. The highest BCUT2D eigenvalue weighted by atomic mass is 16.5. The van der Waals surface area contributed by atoms with Crippen LogP contribution in [0.15, 0.2) is 47.1 Å². The molecular weight excluding hydrogens is 328 g/mol. The van der Waals surface area contributed by atoms with Gasteiger partial charge in [0.25, 0.3) is 11.8 Å². The van der Waals surface area contributed by atoms with E-state index in [4.69, 9.17) is 13.9 Å². The van der Waals surface area contributed by atoms with E-state index >= 15 is 0 Å². The van der Waals surface area contributed by atoms with Gasteiger partial charge >= 0.3 is 5.97 Å². The third kappa shape index (κ3) is 5.69. The average Bonchev–Trinajstić information content (AvgIpc) is 3.14. The van der Waals surface area contributed by atoms with Crippen LogP contribution in [0.5, 0.6) is 5.75 Å². The summed E-state index contributed by atoms with van der Waals surface area (Å²) in [5, 5.41) is 4.92. The van der Waals surface area contributed by atoms with Gasteiger partial charge in [-0.05, 0) is 31.2 Å². The van der Waals surface area contributed by atoms with Crippen molar-refractivity contribution in [1.29, 1.82) is 0 Å². The number of ether oxygens (including phenoxy) is 2. The lowest BCUT2D eigenvalue weighted by molar-refractivity contribution is -0.146. The minimum atomic E-state index is -0.742. The Labute approximate surface area is 144 Å². The predicted octanol–water partition coefficient (Wildman–Crippen LogP) is 1.59. The first kappa shape index (κ1) is 18.1. The second-order valence-electron chi connectivity index (χ2n) is 4.80. The molecular formula is C17H18N2O6. The lowest BCUT2D eigenvalue weighted by Gasteiger charge is -2.11. The maximum Gasteiger partial charge on any atom is 0.325 e. The largest absolute Gasteiger partial charge is 0.492 e. The van der Waals surface area contributed by atoms with E-state index in [1.807, 2.05) is 6.92 Å². The molecule has 1 heterocycles. The summed E-state index contributed by atoms with van der Waals surface area (Å²) < 4.78 is 15.1. The predicted molar refractivity (Wildman–Crippen MR) is 88.2 cm³/mol. The molecule has 132 valence electrons. The molecule has 1 aromatic carbocycles. The summed E-state index contributed by atoms with van der Waals surface area (Å²) in [5.41, 5.74) is 0.483. The van der Waals surface area contributed by atoms with Crippen molar-refractivity contribution in [2.75, 3.05) is 25.1 Å². The van der Waals surface area contributed by atoms with E-state index in [9.17, 15) is 14.4 Å². The second kappa shape index (κ2) is 9.11. The van der Waals surface area contributed by atoms with Crippen molar-refractivity contribution in [1.82, 2.24) is 5.32 Å². The molecule has 0 saturated carbocycles. The van der Waals surface area contributed by atoms with E-state index in [2.05, 4.69) is 10.6 Å². The van der Waals surface area contributed by atoms with Gasteiger partial charge in [-0.2, -0.15) is 0 Å². The molecule has 0 radical (unpaired) electrons.